The molecule has 0 spiro atoms. The van der Waals surface area contributed by atoms with Crippen LogP contribution in [0.1, 0.15) is 115 Å². The maximum Gasteiger partial charge on any atom is 0.119 e. The Bertz CT molecular complexity index is 456. The van der Waals surface area contributed by atoms with Gasteiger partial charge in [-0.15, -0.1) is 0 Å². The van der Waals surface area contributed by atoms with E-state index in [9.17, 15) is 5.11 Å². The number of methoxy groups -OCH3 is 1. The average Bonchev–Trinajstić information content (AvgIpc) is 2.69. The van der Waals surface area contributed by atoms with E-state index in [1.807, 2.05) is 12.1 Å². The van der Waals surface area contributed by atoms with Crippen LogP contribution in [0.25, 0.3) is 0 Å². The summed E-state index contributed by atoms with van der Waals surface area (Å²) >= 11 is 0. The highest BCUT2D eigenvalue weighted by atomic mass is 16.5. The molecule has 1 N–H and O–H groups in total. The third-order valence-electron chi connectivity index (χ3n) is 5.59. The lowest BCUT2D eigenvalue weighted by molar-refractivity contribution is 0.410. The van der Waals surface area contributed by atoms with Crippen molar-refractivity contribution >= 4 is 0 Å². The maximum absolute atomic E-state index is 9.90. The van der Waals surface area contributed by atoms with Gasteiger partial charge >= 0.3 is 0 Å². The number of aromatic hydroxyl groups is 1. The topological polar surface area (TPSA) is 29.5 Å². The lowest BCUT2D eigenvalue weighted by atomic mass is 10.0. The molecule has 1 aromatic rings. The Kier molecular flexibility index (Phi) is 15.0. The summed E-state index contributed by atoms with van der Waals surface area (Å²) in [4.78, 5) is 0. The van der Waals surface area contributed by atoms with Crippen LogP contribution in [0, 0.1) is 0 Å². The Balaban J connectivity index is 1.84. The Morgan fingerprint density at radius 3 is 1.56 bits per heavy atom. The molecule has 2 heteroatoms. The zero-order valence-corrected chi connectivity index (χ0v) is 18.1. The molecule has 1 rings (SSSR count). The van der Waals surface area contributed by atoms with Crippen molar-refractivity contribution in [2.75, 3.05) is 7.11 Å². The molecule has 0 radical (unpaired) electrons. The van der Waals surface area contributed by atoms with Gasteiger partial charge in [0.15, 0.2) is 0 Å². The second kappa shape index (κ2) is 17.0. The smallest absolute Gasteiger partial charge is 0.119 e. The van der Waals surface area contributed by atoms with Crippen molar-refractivity contribution in [2.45, 2.75) is 116 Å². The van der Waals surface area contributed by atoms with Crippen LogP contribution in [0.5, 0.6) is 11.5 Å². The van der Waals surface area contributed by atoms with Gasteiger partial charge in [0.25, 0.3) is 0 Å². The lowest BCUT2D eigenvalue weighted by Gasteiger charge is -2.07. The predicted molar refractivity (Wildman–Crippen MR) is 118 cm³/mol. The molecule has 0 bridgehead atoms. The summed E-state index contributed by atoms with van der Waals surface area (Å²) in [5.74, 6) is 1.23. The second-order valence-electron chi connectivity index (χ2n) is 8.05. The van der Waals surface area contributed by atoms with Crippen LogP contribution in [0.3, 0.4) is 0 Å². The Morgan fingerprint density at radius 2 is 1.11 bits per heavy atom. The molecule has 2 nitrogen and oxygen atoms in total. The Labute approximate surface area is 168 Å². The van der Waals surface area contributed by atoms with Gasteiger partial charge in [-0.1, -0.05) is 103 Å². The van der Waals surface area contributed by atoms with Crippen molar-refractivity contribution in [2.24, 2.45) is 0 Å². The molecule has 0 saturated heterocycles. The van der Waals surface area contributed by atoms with Crippen molar-refractivity contribution in [1.82, 2.24) is 0 Å². The molecule has 0 heterocycles. The van der Waals surface area contributed by atoms with Crippen LogP contribution in [0.4, 0.5) is 0 Å². The zero-order chi connectivity index (χ0) is 19.6. The highest BCUT2D eigenvalue weighted by molar-refractivity contribution is 5.39. The molecule has 0 amide bonds. The minimum atomic E-state index is 0.400. The van der Waals surface area contributed by atoms with Gasteiger partial charge in [0.1, 0.15) is 11.5 Å². The van der Waals surface area contributed by atoms with Crippen LogP contribution < -0.4 is 4.74 Å². The summed E-state index contributed by atoms with van der Waals surface area (Å²) in [7, 11) is 1.67. The molecule has 0 saturated carbocycles. The zero-order valence-electron chi connectivity index (χ0n) is 18.1. The van der Waals surface area contributed by atoms with Crippen LogP contribution in [-0.2, 0) is 6.42 Å². The monoisotopic (exact) mass is 376 g/mol. The van der Waals surface area contributed by atoms with Gasteiger partial charge in [0.05, 0.1) is 7.11 Å². The SMILES string of the molecule is CCCCCCCCCCCCCCCCCCc1cc(OC)ccc1O. The first-order valence-electron chi connectivity index (χ1n) is 11.6. The summed E-state index contributed by atoms with van der Waals surface area (Å²) < 4.78 is 5.23. The third kappa shape index (κ3) is 12.8. The summed E-state index contributed by atoms with van der Waals surface area (Å²) in [5.41, 5.74) is 1.01. The summed E-state index contributed by atoms with van der Waals surface area (Å²) in [6, 6.07) is 5.51. The van der Waals surface area contributed by atoms with Gasteiger partial charge in [0, 0.05) is 0 Å². The van der Waals surface area contributed by atoms with E-state index in [1.165, 1.54) is 96.3 Å². The highest BCUT2D eigenvalue weighted by Crippen LogP contribution is 2.24. The number of rotatable bonds is 18. The first-order valence-corrected chi connectivity index (χ1v) is 11.6. The number of hydrogen-bond donors (Lipinski definition) is 1. The molecule has 156 valence electrons. The van der Waals surface area contributed by atoms with Gasteiger partial charge in [-0.3, -0.25) is 0 Å². The van der Waals surface area contributed by atoms with Crippen molar-refractivity contribution in [3.63, 3.8) is 0 Å². The average molecular weight is 377 g/mol. The van der Waals surface area contributed by atoms with Gasteiger partial charge in [-0.2, -0.15) is 0 Å². The van der Waals surface area contributed by atoms with Gasteiger partial charge in [0.2, 0.25) is 0 Å². The first kappa shape index (κ1) is 23.9. The molecule has 0 fully saturated rings. The fraction of sp³-hybridized carbons (Fsp3) is 0.760. The summed E-state index contributed by atoms with van der Waals surface area (Å²) in [6.45, 7) is 2.29. The van der Waals surface area contributed by atoms with Crippen molar-refractivity contribution in [3.8, 4) is 11.5 Å². The van der Waals surface area contributed by atoms with E-state index in [-0.39, 0.29) is 0 Å². The van der Waals surface area contributed by atoms with Gasteiger partial charge in [-0.25, -0.2) is 0 Å². The third-order valence-corrected chi connectivity index (χ3v) is 5.59. The highest BCUT2D eigenvalue weighted by Gasteiger charge is 2.03. The van der Waals surface area contributed by atoms with Crippen LogP contribution in [0.2, 0.25) is 0 Å². The standard InChI is InChI=1S/C25H44O2/c1-3-4-5-6-7-8-9-10-11-12-13-14-15-16-17-18-19-23-22-24(27-2)20-21-25(23)26/h20-22,26H,3-19H2,1-2H3. The molecular formula is C25H44O2. The number of aryl methyl sites for hydroxylation is 1. The number of ether oxygens (including phenoxy) is 1. The number of hydrogen-bond acceptors (Lipinski definition) is 2. The molecule has 0 aliphatic carbocycles. The number of unbranched alkanes of at least 4 members (excludes halogenated alkanes) is 15. The van der Waals surface area contributed by atoms with Crippen LogP contribution in [-0.4, -0.2) is 12.2 Å². The Morgan fingerprint density at radius 1 is 0.667 bits per heavy atom. The molecule has 27 heavy (non-hydrogen) atoms. The van der Waals surface area contributed by atoms with E-state index in [0.29, 0.717) is 5.75 Å². The number of benzene rings is 1. The van der Waals surface area contributed by atoms with E-state index in [1.54, 1.807) is 13.2 Å². The quantitative estimate of drug-likeness (QED) is 0.262. The molecule has 0 aromatic heterocycles. The molecule has 0 aliphatic rings. The normalized spacial score (nSPS) is 11.0. The lowest BCUT2D eigenvalue weighted by Crippen LogP contribution is -1.90. The van der Waals surface area contributed by atoms with E-state index in [4.69, 9.17) is 4.74 Å². The maximum atomic E-state index is 9.90. The fourth-order valence-corrected chi connectivity index (χ4v) is 3.75. The number of phenols is 1. The van der Waals surface area contributed by atoms with E-state index >= 15 is 0 Å². The van der Waals surface area contributed by atoms with E-state index in [2.05, 4.69) is 6.92 Å². The molecular weight excluding hydrogens is 332 g/mol. The number of phenolic OH excluding ortho intramolecular Hbond substituents is 1. The molecule has 1 aromatic carbocycles. The van der Waals surface area contributed by atoms with Crippen LogP contribution in [0.15, 0.2) is 18.2 Å². The van der Waals surface area contributed by atoms with Gasteiger partial charge in [-0.05, 0) is 36.6 Å². The minimum absolute atomic E-state index is 0.400. The van der Waals surface area contributed by atoms with Crippen molar-refractivity contribution in [1.29, 1.82) is 0 Å². The largest absolute Gasteiger partial charge is 0.508 e. The van der Waals surface area contributed by atoms with Gasteiger partial charge < -0.3 is 9.84 Å². The Hall–Kier alpha value is -1.18. The summed E-state index contributed by atoms with van der Waals surface area (Å²) in [6.07, 6.45) is 23.2. The molecule has 0 atom stereocenters. The summed E-state index contributed by atoms with van der Waals surface area (Å²) in [5, 5.41) is 9.90. The van der Waals surface area contributed by atoms with E-state index < -0.39 is 0 Å². The molecule has 0 unspecified atom stereocenters. The van der Waals surface area contributed by atoms with E-state index in [0.717, 1.165) is 24.2 Å². The van der Waals surface area contributed by atoms with Crippen molar-refractivity contribution in [3.05, 3.63) is 23.8 Å². The fourth-order valence-electron chi connectivity index (χ4n) is 3.75. The predicted octanol–water partition coefficient (Wildman–Crippen LogP) is 8.20. The van der Waals surface area contributed by atoms with Crippen LogP contribution >= 0.6 is 0 Å². The second-order valence-corrected chi connectivity index (χ2v) is 8.05. The first-order chi connectivity index (χ1) is 13.3. The molecule has 0 aliphatic heterocycles. The van der Waals surface area contributed by atoms with Crippen molar-refractivity contribution < 1.29 is 9.84 Å². The minimum Gasteiger partial charge on any atom is -0.508 e.